The average Bonchev–Trinajstić information content (AvgIpc) is 3.48. The number of likely N-dealkylation sites (N-methyl/N-ethyl adjacent to an activating group) is 1. The molecule has 0 bridgehead atoms. The zero-order chi connectivity index (χ0) is 32.1. The molecule has 0 aliphatic carbocycles. The van der Waals surface area contributed by atoms with Crippen molar-refractivity contribution in [1.82, 2.24) is 19.2 Å². The number of carbonyl (C=O) groups is 1. The Morgan fingerprint density at radius 1 is 1.16 bits per heavy atom. The molecule has 0 saturated heterocycles. The van der Waals surface area contributed by atoms with Gasteiger partial charge in [-0.25, -0.2) is 17.8 Å². The number of ether oxygens (including phenoxy) is 1. The highest BCUT2D eigenvalue weighted by Gasteiger charge is 2.46. The van der Waals surface area contributed by atoms with Gasteiger partial charge in [0.1, 0.15) is 17.5 Å². The zero-order valence-electron chi connectivity index (χ0n) is 24.1. The lowest BCUT2D eigenvalue weighted by Gasteiger charge is -2.30. The normalized spacial score (nSPS) is 15.8. The molecule has 0 unspecified atom stereocenters. The van der Waals surface area contributed by atoms with Crippen LogP contribution in [0.15, 0.2) is 53.4 Å². The summed E-state index contributed by atoms with van der Waals surface area (Å²) in [6, 6.07) is 11.1. The average molecular weight is 630 g/mol. The van der Waals surface area contributed by atoms with E-state index in [1.165, 1.54) is 30.2 Å². The SMILES string of the molecule is COc1cccc2nc(C(=O)N(CCN(C)C)[C@H]3CS(=O)(=O)c4c3ccc(C(F)(F)F)c4C#N)c(-c3ccc(F)c(C)c3)n12. The number of pyridine rings is 1. The Bertz CT molecular complexity index is 1950. The van der Waals surface area contributed by atoms with Gasteiger partial charge in [0.15, 0.2) is 21.4 Å². The molecule has 4 aromatic rings. The number of alkyl halides is 3. The van der Waals surface area contributed by atoms with Crippen LogP contribution in [0.1, 0.15) is 38.8 Å². The van der Waals surface area contributed by atoms with Crippen LogP contribution in [-0.2, 0) is 16.0 Å². The number of benzene rings is 2. The molecule has 2 aromatic carbocycles. The van der Waals surface area contributed by atoms with E-state index in [0.29, 0.717) is 28.7 Å². The van der Waals surface area contributed by atoms with Gasteiger partial charge in [-0.3, -0.25) is 9.20 Å². The summed E-state index contributed by atoms with van der Waals surface area (Å²) in [5.74, 6) is -1.58. The first-order chi connectivity index (χ1) is 20.7. The van der Waals surface area contributed by atoms with Crippen molar-refractivity contribution in [3.05, 3.63) is 82.3 Å². The predicted octanol–water partition coefficient (Wildman–Crippen LogP) is 4.88. The number of fused-ring (bicyclic) bond motifs is 2. The van der Waals surface area contributed by atoms with Crippen LogP contribution in [0.3, 0.4) is 0 Å². The number of halogens is 4. The third kappa shape index (κ3) is 5.26. The number of hydrogen-bond acceptors (Lipinski definition) is 7. The predicted molar refractivity (Wildman–Crippen MR) is 152 cm³/mol. The molecule has 0 saturated carbocycles. The molecule has 14 heteroatoms. The molecule has 0 N–H and O–H groups in total. The summed E-state index contributed by atoms with van der Waals surface area (Å²) in [5, 5.41) is 9.65. The van der Waals surface area contributed by atoms with Crippen LogP contribution in [-0.4, -0.2) is 73.6 Å². The Balaban J connectivity index is 1.74. The summed E-state index contributed by atoms with van der Waals surface area (Å²) in [7, 11) is 0.515. The number of amides is 1. The van der Waals surface area contributed by atoms with Gasteiger partial charge in [-0.1, -0.05) is 12.1 Å². The number of carbonyl (C=O) groups excluding carboxylic acids is 1. The lowest BCUT2D eigenvalue weighted by molar-refractivity contribution is -0.138. The van der Waals surface area contributed by atoms with Crippen LogP contribution >= 0.6 is 0 Å². The van der Waals surface area contributed by atoms with Crippen LogP contribution < -0.4 is 4.74 Å². The van der Waals surface area contributed by atoms with E-state index in [0.717, 1.165) is 6.07 Å². The number of imidazole rings is 1. The van der Waals surface area contributed by atoms with E-state index < -0.39 is 55.6 Å². The maximum atomic E-state index is 14.5. The van der Waals surface area contributed by atoms with Crippen LogP contribution in [0.5, 0.6) is 5.88 Å². The summed E-state index contributed by atoms with van der Waals surface area (Å²) in [6.07, 6.45) is -4.97. The van der Waals surface area contributed by atoms with Gasteiger partial charge in [0.05, 0.1) is 40.6 Å². The highest BCUT2D eigenvalue weighted by Crippen LogP contribution is 2.44. The number of sulfone groups is 1. The maximum absolute atomic E-state index is 14.5. The number of hydrogen-bond donors (Lipinski definition) is 0. The van der Waals surface area contributed by atoms with E-state index >= 15 is 0 Å². The molecule has 230 valence electrons. The van der Waals surface area contributed by atoms with Gasteiger partial charge in [-0.15, -0.1) is 0 Å². The van der Waals surface area contributed by atoms with Crippen molar-refractivity contribution in [2.24, 2.45) is 0 Å². The van der Waals surface area contributed by atoms with Crippen molar-refractivity contribution in [2.75, 3.05) is 40.0 Å². The van der Waals surface area contributed by atoms with Crippen molar-refractivity contribution in [3.63, 3.8) is 0 Å². The van der Waals surface area contributed by atoms with Gasteiger partial charge in [0, 0.05) is 18.7 Å². The molecular weight excluding hydrogens is 602 g/mol. The Morgan fingerprint density at radius 3 is 2.50 bits per heavy atom. The zero-order valence-corrected chi connectivity index (χ0v) is 24.9. The fourth-order valence-electron chi connectivity index (χ4n) is 5.46. The van der Waals surface area contributed by atoms with Crippen molar-refractivity contribution in [2.45, 2.75) is 24.0 Å². The molecule has 3 heterocycles. The third-order valence-electron chi connectivity index (χ3n) is 7.53. The standard InChI is InChI=1S/C30H27F4N5O4S/c1-17-14-18(8-11-22(17)31)27-26(36-24-6-5-7-25(43-4)39(24)27)29(40)38(13-12-37(2)3)23-16-44(41,42)28-19(23)9-10-21(20(28)15-35)30(32,33)34/h5-11,14,23H,12-13,16H2,1-4H3/t23-/m0/s1. The van der Waals surface area contributed by atoms with Gasteiger partial charge in [-0.2, -0.15) is 18.4 Å². The monoisotopic (exact) mass is 629 g/mol. The highest BCUT2D eigenvalue weighted by molar-refractivity contribution is 7.91. The largest absolute Gasteiger partial charge is 0.482 e. The Labute approximate surface area is 250 Å². The number of rotatable bonds is 7. The van der Waals surface area contributed by atoms with Gasteiger partial charge in [0.2, 0.25) is 0 Å². The number of aromatic nitrogens is 2. The number of nitriles is 1. The Morgan fingerprint density at radius 2 is 1.89 bits per heavy atom. The molecule has 1 aliphatic rings. The quantitative estimate of drug-likeness (QED) is 0.268. The number of methoxy groups -OCH3 is 1. The van der Waals surface area contributed by atoms with Gasteiger partial charge < -0.3 is 14.5 Å². The van der Waals surface area contributed by atoms with Crippen LogP contribution in [0.2, 0.25) is 0 Å². The van der Waals surface area contributed by atoms with E-state index in [9.17, 15) is 36.0 Å². The molecule has 2 aromatic heterocycles. The summed E-state index contributed by atoms with van der Waals surface area (Å²) in [4.78, 5) is 21.4. The van der Waals surface area contributed by atoms with Gasteiger partial charge in [-0.05, 0) is 68.5 Å². The molecule has 1 aliphatic heterocycles. The first-order valence-electron chi connectivity index (χ1n) is 13.3. The van der Waals surface area contributed by atoms with Crippen LogP contribution in [0, 0.1) is 24.1 Å². The van der Waals surface area contributed by atoms with E-state index in [-0.39, 0.29) is 30.0 Å². The Kier molecular flexibility index (Phi) is 7.89. The van der Waals surface area contributed by atoms with Crippen molar-refractivity contribution < 1.29 is 35.5 Å². The fourth-order valence-corrected chi connectivity index (χ4v) is 7.43. The molecule has 44 heavy (non-hydrogen) atoms. The molecule has 0 spiro atoms. The first-order valence-corrected chi connectivity index (χ1v) is 15.0. The van der Waals surface area contributed by atoms with E-state index in [2.05, 4.69) is 4.98 Å². The summed E-state index contributed by atoms with van der Waals surface area (Å²) < 4.78 is 89.3. The second-order valence-corrected chi connectivity index (χ2v) is 12.6. The number of aryl methyl sites for hydroxylation is 1. The minimum Gasteiger partial charge on any atom is -0.482 e. The summed E-state index contributed by atoms with van der Waals surface area (Å²) >= 11 is 0. The van der Waals surface area contributed by atoms with E-state index in [1.807, 2.05) is 0 Å². The molecule has 9 nitrogen and oxygen atoms in total. The molecule has 0 radical (unpaired) electrons. The van der Waals surface area contributed by atoms with Gasteiger partial charge >= 0.3 is 6.18 Å². The fraction of sp³-hybridized carbons (Fsp3) is 0.300. The van der Waals surface area contributed by atoms with E-state index in [4.69, 9.17) is 4.74 Å². The number of nitrogens with zero attached hydrogens (tertiary/aromatic N) is 5. The molecule has 1 atom stereocenters. The summed E-state index contributed by atoms with van der Waals surface area (Å²) in [6.45, 7) is 1.80. The van der Waals surface area contributed by atoms with Crippen molar-refractivity contribution in [1.29, 1.82) is 5.26 Å². The molecule has 1 amide bonds. The maximum Gasteiger partial charge on any atom is 0.417 e. The van der Waals surface area contributed by atoms with Crippen molar-refractivity contribution in [3.8, 4) is 23.2 Å². The molecule has 0 fully saturated rings. The summed E-state index contributed by atoms with van der Waals surface area (Å²) in [5.41, 5.74) is -1.24. The van der Waals surface area contributed by atoms with Crippen molar-refractivity contribution >= 4 is 21.4 Å². The van der Waals surface area contributed by atoms with E-state index in [1.54, 1.807) is 54.6 Å². The third-order valence-corrected chi connectivity index (χ3v) is 9.35. The lowest BCUT2D eigenvalue weighted by Crippen LogP contribution is -2.40. The minimum atomic E-state index is -4.97. The highest BCUT2D eigenvalue weighted by atomic mass is 32.2. The van der Waals surface area contributed by atoms with Crippen LogP contribution in [0.4, 0.5) is 17.6 Å². The second kappa shape index (κ2) is 11.2. The molecule has 5 rings (SSSR count). The topological polar surface area (TPSA) is 108 Å². The second-order valence-electron chi connectivity index (χ2n) is 10.6. The smallest absolute Gasteiger partial charge is 0.417 e. The first kappa shape index (κ1) is 31.0. The van der Waals surface area contributed by atoms with Crippen LogP contribution in [0.25, 0.3) is 16.9 Å². The Hall–Kier alpha value is -4.48. The molecular formula is C30H27F4N5O4S. The minimum absolute atomic E-state index is 0.0265. The van der Waals surface area contributed by atoms with Gasteiger partial charge in [0.25, 0.3) is 5.91 Å². The lowest BCUT2D eigenvalue weighted by atomic mass is 9.99.